The van der Waals surface area contributed by atoms with Crippen LogP contribution in [0.2, 0.25) is 0 Å². The maximum absolute atomic E-state index is 12.7. The molecule has 0 fully saturated rings. The molecule has 0 saturated heterocycles. The number of carbonyl (C=O) groups is 1. The number of ether oxygens (including phenoxy) is 4. The standard InChI is InChI=1S/C19H27F2N3O5.HI/c1-22-19(23-8-6-4-3-5-7-17(25)26-2)24-11-13-9-15-16(28-12-27-15)10-14(13)29-18(20)21;/h9-10,18H,3-8,11-12H2,1-2H3,(H2,22,23,24);1H. The molecule has 11 heteroatoms. The number of aliphatic imine (C=N–C) groups is 1. The molecule has 0 spiro atoms. The van der Waals surface area contributed by atoms with E-state index < -0.39 is 6.61 Å². The Balaban J connectivity index is 0.00000450. The molecule has 0 atom stereocenters. The zero-order valence-electron chi connectivity index (χ0n) is 17.0. The monoisotopic (exact) mass is 543 g/mol. The van der Waals surface area contributed by atoms with Gasteiger partial charge in [-0.1, -0.05) is 12.8 Å². The second-order valence-corrected chi connectivity index (χ2v) is 6.28. The van der Waals surface area contributed by atoms with Crippen molar-refractivity contribution in [1.29, 1.82) is 0 Å². The number of benzene rings is 1. The van der Waals surface area contributed by atoms with Gasteiger partial charge in [0.2, 0.25) is 6.79 Å². The lowest BCUT2D eigenvalue weighted by Crippen LogP contribution is -2.37. The van der Waals surface area contributed by atoms with Gasteiger partial charge >= 0.3 is 12.6 Å². The second kappa shape index (κ2) is 14.0. The van der Waals surface area contributed by atoms with Crippen molar-refractivity contribution in [3.05, 3.63) is 17.7 Å². The number of rotatable bonds is 11. The number of carbonyl (C=O) groups excluding carboxylic acids is 1. The molecule has 1 aliphatic rings. The van der Waals surface area contributed by atoms with Crippen LogP contribution in [0.4, 0.5) is 8.78 Å². The molecular formula is C19H28F2IN3O5. The van der Waals surface area contributed by atoms with Crippen LogP contribution in [-0.4, -0.2) is 46.0 Å². The first-order valence-corrected chi connectivity index (χ1v) is 9.42. The van der Waals surface area contributed by atoms with E-state index in [0.717, 1.165) is 25.7 Å². The number of guanidine groups is 1. The number of alkyl halides is 2. The number of halogens is 3. The summed E-state index contributed by atoms with van der Waals surface area (Å²) in [6.07, 6.45) is 4.05. The third-order valence-corrected chi connectivity index (χ3v) is 4.27. The van der Waals surface area contributed by atoms with Gasteiger partial charge in [0.1, 0.15) is 5.75 Å². The molecule has 30 heavy (non-hydrogen) atoms. The molecule has 1 heterocycles. The Morgan fingerprint density at radius 2 is 1.87 bits per heavy atom. The maximum Gasteiger partial charge on any atom is 0.387 e. The van der Waals surface area contributed by atoms with Crippen molar-refractivity contribution in [3.63, 3.8) is 0 Å². The van der Waals surface area contributed by atoms with Gasteiger partial charge in [0.15, 0.2) is 17.5 Å². The number of fused-ring (bicyclic) bond motifs is 1. The van der Waals surface area contributed by atoms with Crippen LogP contribution < -0.4 is 24.8 Å². The number of esters is 1. The lowest BCUT2D eigenvalue weighted by molar-refractivity contribution is -0.140. The molecule has 0 aliphatic carbocycles. The molecule has 1 aromatic rings. The van der Waals surface area contributed by atoms with Gasteiger partial charge in [0, 0.05) is 38.2 Å². The zero-order valence-corrected chi connectivity index (χ0v) is 19.4. The van der Waals surface area contributed by atoms with E-state index in [1.807, 2.05) is 0 Å². The van der Waals surface area contributed by atoms with Crippen molar-refractivity contribution in [2.24, 2.45) is 4.99 Å². The average Bonchev–Trinajstić information content (AvgIpc) is 3.15. The first-order valence-electron chi connectivity index (χ1n) is 9.42. The summed E-state index contributed by atoms with van der Waals surface area (Å²) in [7, 11) is 3.01. The number of hydrogen-bond donors (Lipinski definition) is 2. The van der Waals surface area contributed by atoms with Crippen molar-refractivity contribution in [1.82, 2.24) is 10.6 Å². The quantitative estimate of drug-likeness (QED) is 0.145. The van der Waals surface area contributed by atoms with Gasteiger partial charge in [-0.15, -0.1) is 24.0 Å². The molecule has 0 radical (unpaired) electrons. The number of methoxy groups -OCH3 is 1. The summed E-state index contributed by atoms with van der Waals surface area (Å²) < 4.78 is 45.1. The summed E-state index contributed by atoms with van der Waals surface area (Å²) in [5.74, 6) is 1.24. The van der Waals surface area contributed by atoms with Gasteiger partial charge in [-0.05, 0) is 18.9 Å². The highest BCUT2D eigenvalue weighted by molar-refractivity contribution is 14.0. The third-order valence-electron chi connectivity index (χ3n) is 4.27. The summed E-state index contributed by atoms with van der Waals surface area (Å²) >= 11 is 0. The fraction of sp³-hybridized carbons (Fsp3) is 0.579. The maximum atomic E-state index is 12.7. The second-order valence-electron chi connectivity index (χ2n) is 6.28. The predicted octanol–water partition coefficient (Wildman–Crippen LogP) is 3.42. The first kappa shape index (κ1) is 26.0. The number of nitrogens with zero attached hydrogens (tertiary/aromatic N) is 1. The van der Waals surface area contributed by atoms with Crippen molar-refractivity contribution in [2.75, 3.05) is 27.5 Å². The molecular weight excluding hydrogens is 515 g/mol. The van der Waals surface area contributed by atoms with Crippen LogP contribution in [-0.2, 0) is 16.1 Å². The first-order chi connectivity index (χ1) is 14.0. The van der Waals surface area contributed by atoms with Gasteiger partial charge in [-0.3, -0.25) is 9.79 Å². The van der Waals surface area contributed by atoms with Crippen molar-refractivity contribution in [2.45, 2.75) is 45.3 Å². The minimum atomic E-state index is -2.94. The summed E-state index contributed by atoms with van der Waals surface area (Å²) in [5.41, 5.74) is 0.500. The summed E-state index contributed by atoms with van der Waals surface area (Å²) in [4.78, 5) is 15.2. The van der Waals surface area contributed by atoms with Crippen LogP contribution >= 0.6 is 24.0 Å². The average molecular weight is 543 g/mol. The van der Waals surface area contributed by atoms with Crippen molar-refractivity contribution >= 4 is 35.9 Å². The summed E-state index contributed by atoms with van der Waals surface area (Å²) in [6, 6.07) is 3.01. The highest BCUT2D eigenvalue weighted by Crippen LogP contribution is 2.38. The van der Waals surface area contributed by atoms with Crippen LogP contribution in [0, 0.1) is 0 Å². The molecule has 1 aliphatic heterocycles. The zero-order chi connectivity index (χ0) is 21.1. The Hall–Kier alpha value is -2.05. The highest BCUT2D eigenvalue weighted by Gasteiger charge is 2.20. The summed E-state index contributed by atoms with van der Waals surface area (Å²) in [6.45, 7) is -1.98. The Labute approximate surface area is 191 Å². The third kappa shape index (κ3) is 8.76. The summed E-state index contributed by atoms with van der Waals surface area (Å²) in [5, 5.41) is 6.24. The highest BCUT2D eigenvalue weighted by atomic mass is 127. The Morgan fingerprint density at radius 1 is 1.17 bits per heavy atom. The van der Waals surface area contributed by atoms with Gasteiger partial charge in [0.05, 0.1) is 7.11 Å². The molecule has 0 amide bonds. The van der Waals surface area contributed by atoms with E-state index in [1.165, 1.54) is 13.2 Å². The van der Waals surface area contributed by atoms with Crippen LogP contribution in [0.15, 0.2) is 17.1 Å². The van der Waals surface area contributed by atoms with Gasteiger partial charge in [-0.25, -0.2) is 0 Å². The molecule has 1 aromatic carbocycles. The Bertz CT molecular complexity index is 707. The topological polar surface area (TPSA) is 90.4 Å². The molecule has 170 valence electrons. The molecule has 0 unspecified atom stereocenters. The minimum absolute atomic E-state index is 0. The van der Waals surface area contributed by atoms with Gasteiger partial charge < -0.3 is 29.6 Å². The molecule has 0 aromatic heterocycles. The smallest absolute Gasteiger partial charge is 0.387 e. The fourth-order valence-corrected chi connectivity index (χ4v) is 2.77. The molecule has 0 saturated carbocycles. The van der Waals surface area contributed by atoms with E-state index in [9.17, 15) is 13.6 Å². The van der Waals surface area contributed by atoms with Crippen LogP contribution in [0.25, 0.3) is 0 Å². The molecule has 8 nitrogen and oxygen atoms in total. The number of unbranched alkanes of at least 4 members (excludes halogenated alkanes) is 3. The van der Waals surface area contributed by atoms with Gasteiger partial charge in [0.25, 0.3) is 0 Å². The van der Waals surface area contributed by atoms with E-state index in [2.05, 4.69) is 25.1 Å². The van der Waals surface area contributed by atoms with Crippen molar-refractivity contribution < 1.29 is 32.5 Å². The van der Waals surface area contributed by atoms with E-state index in [-0.39, 0.29) is 49.0 Å². The lowest BCUT2D eigenvalue weighted by Gasteiger charge is -2.15. The Morgan fingerprint density at radius 3 is 2.53 bits per heavy atom. The van der Waals surface area contributed by atoms with E-state index in [4.69, 9.17) is 9.47 Å². The predicted molar refractivity (Wildman–Crippen MR) is 118 cm³/mol. The Kier molecular flexibility index (Phi) is 12.2. The number of hydrogen-bond acceptors (Lipinski definition) is 6. The SMILES string of the molecule is CN=C(NCCCCCCC(=O)OC)NCc1cc2c(cc1OC(F)F)OCO2.I. The lowest BCUT2D eigenvalue weighted by atomic mass is 10.1. The van der Waals surface area contributed by atoms with E-state index in [1.54, 1.807) is 13.1 Å². The molecule has 2 rings (SSSR count). The van der Waals surface area contributed by atoms with E-state index in [0.29, 0.717) is 36.0 Å². The van der Waals surface area contributed by atoms with Crippen LogP contribution in [0.5, 0.6) is 17.2 Å². The molecule has 2 N–H and O–H groups in total. The normalized spacial score (nSPS) is 12.4. The largest absolute Gasteiger partial charge is 0.469 e. The fourth-order valence-electron chi connectivity index (χ4n) is 2.77. The van der Waals surface area contributed by atoms with Gasteiger partial charge in [-0.2, -0.15) is 8.78 Å². The van der Waals surface area contributed by atoms with Crippen molar-refractivity contribution in [3.8, 4) is 17.2 Å². The molecule has 0 bridgehead atoms. The van der Waals surface area contributed by atoms with E-state index >= 15 is 0 Å². The van der Waals surface area contributed by atoms with Crippen LogP contribution in [0.1, 0.15) is 37.7 Å². The minimum Gasteiger partial charge on any atom is -0.469 e. The number of nitrogens with one attached hydrogen (secondary N) is 2. The van der Waals surface area contributed by atoms with Crippen LogP contribution in [0.3, 0.4) is 0 Å².